The Morgan fingerprint density at radius 1 is 1.12 bits per heavy atom. The number of imidazole rings is 1. The third-order valence-electron chi connectivity index (χ3n) is 3.57. The maximum absolute atomic E-state index is 12.2. The summed E-state index contributed by atoms with van der Waals surface area (Å²) >= 11 is 3.28. The molecule has 8 nitrogen and oxygen atoms in total. The number of rotatable bonds is 7. The Balaban J connectivity index is 1.57. The SMILES string of the molecule is Cc1nccn1-c1cc(NCCNS(=O)(=O)c2ccc(Br)cc2)ncn1. The van der Waals surface area contributed by atoms with Crippen LogP contribution in [-0.4, -0.2) is 41.0 Å². The quantitative estimate of drug-likeness (QED) is 0.550. The summed E-state index contributed by atoms with van der Waals surface area (Å²) < 4.78 is 29.6. The number of nitrogens with zero attached hydrogens (tertiary/aromatic N) is 4. The second kappa shape index (κ2) is 7.94. The van der Waals surface area contributed by atoms with E-state index in [2.05, 4.69) is 40.9 Å². The lowest BCUT2D eigenvalue weighted by atomic mass is 10.4. The van der Waals surface area contributed by atoms with Crippen LogP contribution in [0.5, 0.6) is 0 Å². The third-order valence-corrected chi connectivity index (χ3v) is 5.58. The summed E-state index contributed by atoms with van der Waals surface area (Å²) in [6.45, 7) is 2.49. The molecule has 2 N–H and O–H groups in total. The number of benzene rings is 1. The lowest BCUT2D eigenvalue weighted by Gasteiger charge is -2.10. The monoisotopic (exact) mass is 436 g/mol. The zero-order valence-electron chi connectivity index (χ0n) is 13.9. The topological polar surface area (TPSA) is 102 Å². The fraction of sp³-hybridized carbons (Fsp3) is 0.188. The molecule has 0 bridgehead atoms. The minimum Gasteiger partial charge on any atom is -0.369 e. The van der Waals surface area contributed by atoms with Gasteiger partial charge in [0, 0.05) is 36.0 Å². The van der Waals surface area contributed by atoms with Gasteiger partial charge in [0.05, 0.1) is 4.90 Å². The summed E-state index contributed by atoms with van der Waals surface area (Å²) in [5.41, 5.74) is 0. The predicted molar refractivity (Wildman–Crippen MR) is 102 cm³/mol. The van der Waals surface area contributed by atoms with Crippen LogP contribution < -0.4 is 10.0 Å². The van der Waals surface area contributed by atoms with Crippen LogP contribution in [0.25, 0.3) is 5.82 Å². The van der Waals surface area contributed by atoms with Crippen molar-refractivity contribution in [3.8, 4) is 5.82 Å². The molecule has 3 aromatic rings. The third kappa shape index (κ3) is 4.45. The first kappa shape index (κ1) is 18.5. The van der Waals surface area contributed by atoms with Crippen LogP contribution in [0.3, 0.4) is 0 Å². The minimum atomic E-state index is -3.54. The fourth-order valence-corrected chi connectivity index (χ4v) is 3.56. The van der Waals surface area contributed by atoms with Gasteiger partial charge in [-0.2, -0.15) is 0 Å². The van der Waals surface area contributed by atoms with E-state index >= 15 is 0 Å². The first-order valence-corrected chi connectivity index (χ1v) is 10.0. The Labute approximate surface area is 159 Å². The van der Waals surface area contributed by atoms with Crippen LogP contribution in [0.1, 0.15) is 5.82 Å². The Kier molecular flexibility index (Phi) is 5.64. The first-order valence-electron chi connectivity index (χ1n) is 7.77. The Morgan fingerprint density at radius 2 is 1.88 bits per heavy atom. The Morgan fingerprint density at radius 3 is 2.58 bits per heavy atom. The maximum atomic E-state index is 12.2. The smallest absolute Gasteiger partial charge is 0.240 e. The van der Waals surface area contributed by atoms with Gasteiger partial charge in [-0.25, -0.2) is 28.1 Å². The van der Waals surface area contributed by atoms with E-state index in [1.807, 2.05) is 17.7 Å². The molecule has 0 saturated carbocycles. The van der Waals surface area contributed by atoms with Crippen molar-refractivity contribution in [2.75, 3.05) is 18.4 Å². The molecule has 0 unspecified atom stereocenters. The van der Waals surface area contributed by atoms with Gasteiger partial charge in [-0.3, -0.25) is 4.57 Å². The average molecular weight is 437 g/mol. The van der Waals surface area contributed by atoms with Gasteiger partial charge in [0.1, 0.15) is 23.8 Å². The van der Waals surface area contributed by atoms with Crippen molar-refractivity contribution < 1.29 is 8.42 Å². The van der Waals surface area contributed by atoms with Crippen molar-refractivity contribution in [2.45, 2.75) is 11.8 Å². The van der Waals surface area contributed by atoms with Crippen LogP contribution in [-0.2, 0) is 10.0 Å². The maximum Gasteiger partial charge on any atom is 0.240 e. The largest absolute Gasteiger partial charge is 0.369 e. The Hall–Kier alpha value is -2.30. The van der Waals surface area contributed by atoms with E-state index < -0.39 is 10.0 Å². The van der Waals surface area contributed by atoms with Gasteiger partial charge in [0.15, 0.2) is 0 Å². The number of nitrogens with one attached hydrogen (secondary N) is 2. The Bertz CT molecular complexity index is 988. The number of anilines is 1. The highest BCUT2D eigenvalue weighted by atomic mass is 79.9. The fourth-order valence-electron chi connectivity index (χ4n) is 2.27. The van der Waals surface area contributed by atoms with Gasteiger partial charge < -0.3 is 5.32 Å². The van der Waals surface area contributed by atoms with E-state index in [-0.39, 0.29) is 11.4 Å². The average Bonchev–Trinajstić information content (AvgIpc) is 3.05. The molecule has 0 aliphatic carbocycles. The van der Waals surface area contributed by atoms with Crippen LogP contribution >= 0.6 is 15.9 Å². The standard InChI is InChI=1S/C16H17BrN6O2S/c1-12-18-8-9-23(12)16-10-15(20-11-21-16)19-6-7-22-26(24,25)14-4-2-13(17)3-5-14/h2-5,8-11,22H,6-7H2,1H3,(H,19,20,21). The molecule has 10 heteroatoms. The normalized spacial score (nSPS) is 11.5. The molecular weight excluding hydrogens is 420 g/mol. The van der Waals surface area contributed by atoms with Crippen LogP contribution in [0.4, 0.5) is 5.82 Å². The van der Waals surface area contributed by atoms with E-state index in [4.69, 9.17) is 0 Å². The van der Waals surface area contributed by atoms with E-state index in [9.17, 15) is 8.42 Å². The van der Waals surface area contributed by atoms with E-state index in [1.54, 1.807) is 36.5 Å². The molecule has 0 aliphatic rings. The number of hydrogen-bond donors (Lipinski definition) is 2. The molecule has 2 aromatic heterocycles. The number of aryl methyl sites for hydroxylation is 1. The zero-order chi connectivity index (χ0) is 18.6. The molecule has 0 saturated heterocycles. The van der Waals surface area contributed by atoms with Gasteiger partial charge in [0.25, 0.3) is 0 Å². The lowest BCUT2D eigenvalue weighted by molar-refractivity contribution is 0.583. The van der Waals surface area contributed by atoms with Gasteiger partial charge in [-0.15, -0.1) is 0 Å². The zero-order valence-corrected chi connectivity index (χ0v) is 16.3. The molecular formula is C16H17BrN6O2S. The summed E-state index contributed by atoms with van der Waals surface area (Å²) in [6, 6.07) is 8.24. The lowest BCUT2D eigenvalue weighted by Crippen LogP contribution is -2.29. The molecule has 1 aromatic carbocycles. The summed E-state index contributed by atoms with van der Waals surface area (Å²) in [4.78, 5) is 12.7. The summed E-state index contributed by atoms with van der Waals surface area (Å²) in [7, 11) is -3.54. The van der Waals surface area contributed by atoms with Crippen LogP contribution in [0.2, 0.25) is 0 Å². The van der Waals surface area contributed by atoms with E-state index in [0.717, 1.165) is 10.3 Å². The summed E-state index contributed by atoms with van der Waals surface area (Å²) in [6.07, 6.45) is 4.96. The highest BCUT2D eigenvalue weighted by Gasteiger charge is 2.12. The van der Waals surface area contributed by atoms with Crippen molar-refractivity contribution in [2.24, 2.45) is 0 Å². The summed E-state index contributed by atoms with van der Waals surface area (Å²) in [5.74, 6) is 2.11. The molecule has 26 heavy (non-hydrogen) atoms. The van der Waals surface area contributed by atoms with Crippen molar-refractivity contribution in [3.05, 3.63) is 59.3 Å². The molecule has 0 fully saturated rings. The minimum absolute atomic E-state index is 0.223. The highest BCUT2D eigenvalue weighted by Crippen LogP contribution is 2.14. The van der Waals surface area contributed by atoms with Crippen molar-refractivity contribution in [3.63, 3.8) is 0 Å². The van der Waals surface area contributed by atoms with E-state index in [1.165, 1.54) is 6.33 Å². The number of hydrogen-bond acceptors (Lipinski definition) is 6. The van der Waals surface area contributed by atoms with Crippen molar-refractivity contribution in [1.29, 1.82) is 0 Å². The second-order valence-electron chi connectivity index (χ2n) is 5.38. The van der Waals surface area contributed by atoms with Crippen LogP contribution in [0, 0.1) is 6.92 Å². The molecule has 0 atom stereocenters. The molecule has 136 valence electrons. The number of aromatic nitrogens is 4. The number of sulfonamides is 1. The van der Waals surface area contributed by atoms with Gasteiger partial charge in [-0.05, 0) is 31.2 Å². The molecule has 2 heterocycles. The molecule has 3 rings (SSSR count). The van der Waals surface area contributed by atoms with Crippen molar-refractivity contribution >= 4 is 31.8 Å². The summed E-state index contributed by atoms with van der Waals surface area (Å²) in [5, 5.41) is 3.08. The first-order chi connectivity index (χ1) is 12.5. The molecule has 0 aliphatic heterocycles. The number of halogens is 1. The predicted octanol–water partition coefficient (Wildman–Crippen LogP) is 2.12. The second-order valence-corrected chi connectivity index (χ2v) is 8.07. The van der Waals surface area contributed by atoms with Crippen molar-refractivity contribution in [1.82, 2.24) is 24.2 Å². The van der Waals surface area contributed by atoms with Gasteiger partial charge in [-0.1, -0.05) is 15.9 Å². The molecule has 0 spiro atoms. The highest BCUT2D eigenvalue weighted by molar-refractivity contribution is 9.10. The van der Waals surface area contributed by atoms with Gasteiger partial charge >= 0.3 is 0 Å². The molecule has 0 amide bonds. The molecule has 0 radical (unpaired) electrons. The van der Waals surface area contributed by atoms with E-state index in [0.29, 0.717) is 18.2 Å². The van der Waals surface area contributed by atoms with Gasteiger partial charge in [0.2, 0.25) is 10.0 Å². The van der Waals surface area contributed by atoms with Crippen LogP contribution in [0.15, 0.2) is 58.4 Å².